The molecule has 0 bridgehead atoms. The van der Waals surface area contributed by atoms with Crippen LogP contribution < -0.4 is 5.73 Å². The van der Waals surface area contributed by atoms with Crippen molar-refractivity contribution < 1.29 is 8.78 Å². The molecule has 2 aromatic carbocycles. The molecule has 2 N–H and O–H groups in total. The third-order valence-corrected chi connectivity index (χ3v) is 4.16. The van der Waals surface area contributed by atoms with Crippen molar-refractivity contribution in [2.45, 2.75) is 25.6 Å². The van der Waals surface area contributed by atoms with Crippen LogP contribution in [0.4, 0.5) is 8.78 Å². The van der Waals surface area contributed by atoms with Crippen molar-refractivity contribution in [3.63, 3.8) is 0 Å². The van der Waals surface area contributed by atoms with E-state index in [0.29, 0.717) is 13.1 Å². The van der Waals surface area contributed by atoms with Crippen molar-refractivity contribution in [1.29, 1.82) is 0 Å². The monoisotopic (exact) mass is 288 g/mol. The highest BCUT2D eigenvalue weighted by atomic mass is 19.1. The van der Waals surface area contributed by atoms with Gasteiger partial charge in [0.2, 0.25) is 0 Å². The van der Waals surface area contributed by atoms with Crippen LogP contribution in [0.15, 0.2) is 42.5 Å². The molecule has 2 nitrogen and oxygen atoms in total. The second-order valence-corrected chi connectivity index (χ2v) is 5.47. The summed E-state index contributed by atoms with van der Waals surface area (Å²) in [5, 5.41) is 0. The number of nitrogens with two attached hydrogens (primary N) is 1. The molecule has 0 saturated heterocycles. The molecule has 0 aliphatic carbocycles. The molecule has 21 heavy (non-hydrogen) atoms. The van der Waals surface area contributed by atoms with E-state index in [1.54, 1.807) is 0 Å². The van der Waals surface area contributed by atoms with Crippen molar-refractivity contribution in [1.82, 2.24) is 4.90 Å². The van der Waals surface area contributed by atoms with Gasteiger partial charge in [0.15, 0.2) is 0 Å². The lowest BCUT2D eigenvalue weighted by atomic mass is 9.93. The summed E-state index contributed by atoms with van der Waals surface area (Å²) < 4.78 is 27.7. The fraction of sp³-hybridized carbons (Fsp3) is 0.294. The Bertz CT molecular complexity index is 622. The Balaban J connectivity index is 1.88. The molecule has 0 spiro atoms. The Morgan fingerprint density at radius 3 is 2.33 bits per heavy atom. The number of nitrogens with zero attached hydrogens (tertiary/aromatic N) is 1. The van der Waals surface area contributed by atoms with Crippen molar-refractivity contribution in [3.8, 4) is 0 Å². The molecule has 1 unspecified atom stereocenters. The van der Waals surface area contributed by atoms with Crippen LogP contribution in [-0.4, -0.2) is 17.5 Å². The zero-order valence-corrected chi connectivity index (χ0v) is 11.7. The standard InChI is InChI=1S/C17H18F2N2/c18-16-6-3-7-17(19)15(16)11-21-10-13-5-2-1-4-12(13)8-14(21)9-20/h1-7,14H,8-11,20H2. The molecule has 0 amide bonds. The van der Waals surface area contributed by atoms with Gasteiger partial charge in [0.05, 0.1) is 0 Å². The predicted octanol–water partition coefficient (Wildman–Crippen LogP) is 2.85. The van der Waals surface area contributed by atoms with Crippen LogP contribution in [0.2, 0.25) is 0 Å². The van der Waals surface area contributed by atoms with Crippen LogP contribution in [0.5, 0.6) is 0 Å². The molecular formula is C17H18F2N2. The van der Waals surface area contributed by atoms with E-state index >= 15 is 0 Å². The van der Waals surface area contributed by atoms with E-state index in [-0.39, 0.29) is 18.2 Å². The summed E-state index contributed by atoms with van der Waals surface area (Å²) in [6.07, 6.45) is 0.822. The molecule has 1 aliphatic heterocycles. The molecular weight excluding hydrogens is 270 g/mol. The minimum absolute atomic E-state index is 0.110. The van der Waals surface area contributed by atoms with Crippen molar-refractivity contribution in [2.24, 2.45) is 5.73 Å². The van der Waals surface area contributed by atoms with Crippen molar-refractivity contribution in [3.05, 3.63) is 70.8 Å². The number of benzene rings is 2. The minimum Gasteiger partial charge on any atom is -0.329 e. The molecule has 3 rings (SSSR count). The summed E-state index contributed by atoms with van der Waals surface area (Å²) in [6.45, 7) is 1.39. The fourth-order valence-corrected chi connectivity index (χ4v) is 2.95. The highest BCUT2D eigenvalue weighted by Crippen LogP contribution is 2.25. The predicted molar refractivity (Wildman–Crippen MR) is 78.6 cm³/mol. The van der Waals surface area contributed by atoms with Crippen LogP contribution in [0, 0.1) is 11.6 Å². The molecule has 1 atom stereocenters. The van der Waals surface area contributed by atoms with E-state index in [0.717, 1.165) is 6.42 Å². The Morgan fingerprint density at radius 2 is 1.67 bits per heavy atom. The van der Waals surface area contributed by atoms with Crippen LogP contribution >= 0.6 is 0 Å². The Morgan fingerprint density at radius 1 is 1.00 bits per heavy atom. The average Bonchev–Trinajstić information content (AvgIpc) is 2.50. The van der Waals surface area contributed by atoms with Crippen LogP contribution in [0.3, 0.4) is 0 Å². The van der Waals surface area contributed by atoms with E-state index in [1.165, 1.54) is 29.3 Å². The van der Waals surface area contributed by atoms with Gasteiger partial charge in [0.25, 0.3) is 0 Å². The molecule has 0 fully saturated rings. The molecule has 0 aromatic heterocycles. The normalized spacial score (nSPS) is 18.5. The van der Waals surface area contributed by atoms with Gasteiger partial charge in [-0.2, -0.15) is 0 Å². The first kappa shape index (κ1) is 14.2. The van der Waals surface area contributed by atoms with E-state index in [9.17, 15) is 8.78 Å². The van der Waals surface area contributed by atoms with E-state index in [4.69, 9.17) is 5.73 Å². The quantitative estimate of drug-likeness (QED) is 0.941. The topological polar surface area (TPSA) is 29.3 Å². The Labute approximate surface area is 123 Å². The van der Waals surface area contributed by atoms with E-state index < -0.39 is 11.6 Å². The molecule has 1 aliphatic rings. The van der Waals surface area contributed by atoms with E-state index in [1.807, 2.05) is 12.1 Å². The fourth-order valence-electron chi connectivity index (χ4n) is 2.95. The third kappa shape index (κ3) is 2.82. The number of hydrogen-bond donors (Lipinski definition) is 1. The lowest BCUT2D eigenvalue weighted by Crippen LogP contribution is -2.44. The Kier molecular flexibility index (Phi) is 3.99. The number of fused-ring (bicyclic) bond motifs is 1. The maximum atomic E-state index is 13.8. The van der Waals surface area contributed by atoms with E-state index in [2.05, 4.69) is 17.0 Å². The molecule has 0 saturated carbocycles. The van der Waals surface area contributed by atoms with Gasteiger partial charge in [-0.05, 0) is 29.7 Å². The molecule has 0 radical (unpaired) electrons. The molecule has 4 heteroatoms. The summed E-state index contributed by atoms with van der Waals surface area (Å²) >= 11 is 0. The van der Waals surface area contributed by atoms with Gasteiger partial charge in [-0.1, -0.05) is 30.3 Å². The first-order chi connectivity index (χ1) is 10.2. The summed E-state index contributed by atoms with van der Waals surface area (Å²) in [6, 6.07) is 12.3. The van der Waals surface area contributed by atoms with Crippen molar-refractivity contribution >= 4 is 0 Å². The second-order valence-electron chi connectivity index (χ2n) is 5.47. The number of hydrogen-bond acceptors (Lipinski definition) is 2. The van der Waals surface area contributed by atoms with Crippen LogP contribution in [0.25, 0.3) is 0 Å². The summed E-state index contributed by atoms with van der Waals surface area (Å²) in [7, 11) is 0. The van der Waals surface area contributed by atoms with Gasteiger partial charge in [-0.15, -0.1) is 0 Å². The smallest absolute Gasteiger partial charge is 0.130 e. The van der Waals surface area contributed by atoms with Gasteiger partial charge in [0, 0.05) is 31.2 Å². The number of halogens is 2. The molecule has 2 aromatic rings. The SMILES string of the molecule is NCC1Cc2ccccc2CN1Cc1c(F)cccc1F. The summed E-state index contributed by atoms with van der Waals surface area (Å²) in [4.78, 5) is 2.06. The lowest BCUT2D eigenvalue weighted by molar-refractivity contribution is 0.162. The minimum atomic E-state index is -0.496. The number of rotatable bonds is 3. The van der Waals surface area contributed by atoms with Gasteiger partial charge in [-0.25, -0.2) is 8.78 Å². The van der Waals surface area contributed by atoms with Crippen LogP contribution in [0.1, 0.15) is 16.7 Å². The largest absolute Gasteiger partial charge is 0.329 e. The van der Waals surface area contributed by atoms with Gasteiger partial charge in [0.1, 0.15) is 11.6 Å². The summed E-state index contributed by atoms with van der Waals surface area (Å²) in [5.41, 5.74) is 8.46. The second kappa shape index (κ2) is 5.92. The maximum Gasteiger partial charge on any atom is 0.130 e. The van der Waals surface area contributed by atoms with Gasteiger partial charge in [-0.3, -0.25) is 4.90 Å². The summed E-state index contributed by atoms with van der Waals surface area (Å²) in [5.74, 6) is -0.991. The third-order valence-electron chi connectivity index (χ3n) is 4.16. The molecule has 1 heterocycles. The zero-order valence-electron chi connectivity index (χ0n) is 11.7. The molecule has 110 valence electrons. The van der Waals surface area contributed by atoms with Crippen molar-refractivity contribution in [2.75, 3.05) is 6.54 Å². The van der Waals surface area contributed by atoms with Crippen LogP contribution in [-0.2, 0) is 19.5 Å². The first-order valence-corrected chi connectivity index (χ1v) is 7.13. The highest BCUT2D eigenvalue weighted by molar-refractivity contribution is 5.31. The first-order valence-electron chi connectivity index (χ1n) is 7.13. The maximum absolute atomic E-state index is 13.8. The lowest BCUT2D eigenvalue weighted by Gasteiger charge is -2.36. The van der Waals surface area contributed by atoms with Gasteiger partial charge >= 0.3 is 0 Å². The van der Waals surface area contributed by atoms with Gasteiger partial charge < -0.3 is 5.73 Å². The Hall–Kier alpha value is -1.78. The highest BCUT2D eigenvalue weighted by Gasteiger charge is 2.26. The zero-order chi connectivity index (χ0) is 14.8. The average molecular weight is 288 g/mol.